The molecule has 0 radical (unpaired) electrons. The first-order chi connectivity index (χ1) is 8.61. The van der Waals surface area contributed by atoms with Gasteiger partial charge in [-0.2, -0.15) is 5.10 Å². The monoisotopic (exact) mass is 251 g/mol. The number of rotatable bonds is 3. The van der Waals surface area contributed by atoms with E-state index in [0.29, 0.717) is 30.4 Å². The van der Waals surface area contributed by atoms with Gasteiger partial charge in [-0.1, -0.05) is 20.3 Å². The third-order valence-corrected chi connectivity index (χ3v) is 4.23. The maximum Gasteiger partial charge on any atom is 0.267 e. The SMILES string of the molecule is CCC1CCC(NC(=O)C2=NNC(=O)CC2)C1C. The molecule has 0 spiro atoms. The van der Waals surface area contributed by atoms with Crippen molar-refractivity contribution < 1.29 is 9.59 Å². The van der Waals surface area contributed by atoms with Crippen LogP contribution in [0.1, 0.15) is 46.0 Å². The number of nitrogens with zero attached hydrogens (tertiary/aromatic N) is 1. The maximum atomic E-state index is 12.0. The molecule has 0 saturated heterocycles. The molecule has 2 amide bonds. The quantitative estimate of drug-likeness (QED) is 0.791. The predicted molar refractivity (Wildman–Crippen MR) is 68.9 cm³/mol. The molecule has 1 aliphatic heterocycles. The molecule has 2 rings (SSSR count). The molecule has 1 fully saturated rings. The van der Waals surface area contributed by atoms with Gasteiger partial charge in [-0.15, -0.1) is 0 Å². The zero-order valence-electron chi connectivity index (χ0n) is 11.0. The van der Waals surface area contributed by atoms with Crippen molar-refractivity contribution in [2.45, 2.75) is 52.0 Å². The van der Waals surface area contributed by atoms with E-state index >= 15 is 0 Å². The molecule has 18 heavy (non-hydrogen) atoms. The van der Waals surface area contributed by atoms with Gasteiger partial charge in [0.1, 0.15) is 5.71 Å². The zero-order valence-corrected chi connectivity index (χ0v) is 11.0. The minimum absolute atomic E-state index is 0.119. The molecular formula is C13H21N3O2. The Labute approximate surface area is 107 Å². The number of nitrogens with one attached hydrogen (secondary N) is 2. The zero-order chi connectivity index (χ0) is 13.1. The molecule has 100 valence electrons. The first kappa shape index (κ1) is 13.1. The Hall–Kier alpha value is -1.39. The largest absolute Gasteiger partial charge is 0.348 e. The van der Waals surface area contributed by atoms with E-state index in [0.717, 1.165) is 6.42 Å². The molecule has 0 aromatic rings. The second kappa shape index (κ2) is 5.50. The number of carbonyl (C=O) groups is 2. The number of hydrazone groups is 1. The lowest BCUT2D eigenvalue weighted by Crippen LogP contribution is -2.43. The summed E-state index contributed by atoms with van der Waals surface area (Å²) in [6.07, 6.45) is 4.20. The average Bonchev–Trinajstić information content (AvgIpc) is 2.71. The minimum atomic E-state index is -0.122. The van der Waals surface area contributed by atoms with E-state index in [9.17, 15) is 9.59 Å². The molecule has 2 N–H and O–H groups in total. The van der Waals surface area contributed by atoms with E-state index in [1.54, 1.807) is 0 Å². The van der Waals surface area contributed by atoms with Crippen LogP contribution in [0, 0.1) is 11.8 Å². The normalized spacial score (nSPS) is 31.8. The lowest BCUT2D eigenvalue weighted by atomic mass is 9.93. The van der Waals surface area contributed by atoms with Crippen LogP contribution in [0.4, 0.5) is 0 Å². The Bertz CT molecular complexity index is 378. The first-order valence-electron chi connectivity index (χ1n) is 6.78. The van der Waals surface area contributed by atoms with Gasteiger partial charge in [-0.05, 0) is 24.7 Å². The van der Waals surface area contributed by atoms with Crippen LogP contribution in [0.2, 0.25) is 0 Å². The molecule has 5 heteroatoms. The van der Waals surface area contributed by atoms with Crippen molar-refractivity contribution in [3.8, 4) is 0 Å². The highest BCUT2D eigenvalue weighted by Crippen LogP contribution is 2.33. The summed E-state index contributed by atoms with van der Waals surface area (Å²) >= 11 is 0. The fourth-order valence-electron chi connectivity index (χ4n) is 2.92. The van der Waals surface area contributed by atoms with Crippen LogP contribution in [0.25, 0.3) is 0 Å². The molecule has 3 unspecified atom stereocenters. The Morgan fingerprint density at radius 1 is 1.44 bits per heavy atom. The van der Waals surface area contributed by atoms with Gasteiger partial charge in [0.05, 0.1) is 0 Å². The second-order valence-electron chi connectivity index (χ2n) is 5.28. The third kappa shape index (κ3) is 2.71. The first-order valence-corrected chi connectivity index (χ1v) is 6.78. The Kier molecular flexibility index (Phi) is 3.99. The highest BCUT2D eigenvalue weighted by molar-refractivity contribution is 6.39. The van der Waals surface area contributed by atoms with Crippen molar-refractivity contribution in [1.82, 2.24) is 10.7 Å². The van der Waals surface area contributed by atoms with Gasteiger partial charge in [0, 0.05) is 18.9 Å². The highest BCUT2D eigenvalue weighted by Gasteiger charge is 2.33. The van der Waals surface area contributed by atoms with Crippen LogP contribution in [0.3, 0.4) is 0 Å². The van der Waals surface area contributed by atoms with Crippen molar-refractivity contribution in [2.75, 3.05) is 0 Å². The molecule has 2 aliphatic rings. The molecule has 1 aliphatic carbocycles. The lowest BCUT2D eigenvalue weighted by molar-refractivity contribution is -0.121. The number of amides is 2. The van der Waals surface area contributed by atoms with Gasteiger partial charge in [0.25, 0.3) is 5.91 Å². The minimum Gasteiger partial charge on any atom is -0.348 e. The standard InChI is InChI=1S/C13H21N3O2/c1-3-9-4-5-10(8(9)2)14-13(18)11-6-7-12(17)16-15-11/h8-10H,3-7H2,1-2H3,(H,14,18)(H,16,17). The van der Waals surface area contributed by atoms with E-state index in [2.05, 4.69) is 29.7 Å². The molecule has 3 atom stereocenters. The summed E-state index contributed by atoms with van der Waals surface area (Å²) in [5.41, 5.74) is 2.80. The fraction of sp³-hybridized carbons (Fsp3) is 0.769. The van der Waals surface area contributed by atoms with Gasteiger partial charge in [-0.3, -0.25) is 9.59 Å². The van der Waals surface area contributed by atoms with Crippen molar-refractivity contribution in [1.29, 1.82) is 0 Å². The van der Waals surface area contributed by atoms with Crippen molar-refractivity contribution in [3.05, 3.63) is 0 Å². The van der Waals surface area contributed by atoms with Crippen LogP contribution in [0.15, 0.2) is 5.10 Å². The maximum absolute atomic E-state index is 12.0. The Morgan fingerprint density at radius 2 is 2.22 bits per heavy atom. The molecule has 1 saturated carbocycles. The predicted octanol–water partition coefficient (Wildman–Crippen LogP) is 1.19. The van der Waals surface area contributed by atoms with Crippen molar-refractivity contribution >= 4 is 17.5 Å². The number of hydrogen-bond donors (Lipinski definition) is 2. The second-order valence-corrected chi connectivity index (χ2v) is 5.28. The summed E-state index contributed by atoms with van der Waals surface area (Å²) < 4.78 is 0. The Morgan fingerprint density at radius 3 is 2.78 bits per heavy atom. The van der Waals surface area contributed by atoms with E-state index in [1.165, 1.54) is 12.8 Å². The molecule has 0 aromatic carbocycles. The summed E-state index contributed by atoms with van der Waals surface area (Å²) in [4.78, 5) is 23.0. The number of hydrogen-bond acceptors (Lipinski definition) is 3. The van der Waals surface area contributed by atoms with E-state index in [-0.39, 0.29) is 17.9 Å². The summed E-state index contributed by atoms with van der Waals surface area (Å²) in [7, 11) is 0. The summed E-state index contributed by atoms with van der Waals surface area (Å²) in [5.74, 6) is 0.997. The Balaban J connectivity index is 1.90. The molecule has 5 nitrogen and oxygen atoms in total. The van der Waals surface area contributed by atoms with E-state index < -0.39 is 0 Å². The third-order valence-electron chi connectivity index (χ3n) is 4.23. The van der Waals surface area contributed by atoms with Crippen LogP contribution < -0.4 is 10.7 Å². The van der Waals surface area contributed by atoms with E-state index in [1.807, 2.05) is 0 Å². The average molecular weight is 251 g/mol. The van der Waals surface area contributed by atoms with Crippen LogP contribution in [-0.4, -0.2) is 23.6 Å². The van der Waals surface area contributed by atoms with Crippen LogP contribution >= 0.6 is 0 Å². The molecular weight excluding hydrogens is 230 g/mol. The van der Waals surface area contributed by atoms with Gasteiger partial charge < -0.3 is 5.32 Å². The van der Waals surface area contributed by atoms with Gasteiger partial charge in [0.15, 0.2) is 0 Å². The van der Waals surface area contributed by atoms with Crippen LogP contribution in [-0.2, 0) is 9.59 Å². The van der Waals surface area contributed by atoms with Crippen molar-refractivity contribution in [3.63, 3.8) is 0 Å². The topological polar surface area (TPSA) is 70.6 Å². The fourth-order valence-corrected chi connectivity index (χ4v) is 2.92. The summed E-state index contributed by atoms with van der Waals surface area (Å²) in [6.45, 7) is 4.41. The van der Waals surface area contributed by atoms with Gasteiger partial charge >= 0.3 is 0 Å². The number of carbonyl (C=O) groups excluding carboxylic acids is 2. The van der Waals surface area contributed by atoms with E-state index in [4.69, 9.17) is 0 Å². The van der Waals surface area contributed by atoms with Crippen LogP contribution in [0.5, 0.6) is 0 Å². The lowest BCUT2D eigenvalue weighted by Gasteiger charge is -2.21. The smallest absolute Gasteiger partial charge is 0.267 e. The summed E-state index contributed by atoms with van der Waals surface area (Å²) in [5, 5.41) is 6.88. The van der Waals surface area contributed by atoms with Gasteiger partial charge in [0.2, 0.25) is 5.91 Å². The molecule has 0 aromatic heterocycles. The van der Waals surface area contributed by atoms with Gasteiger partial charge in [-0.25, -0.2) is 5.43 Å². The summed E-state index contributed by atoms with van der Waals surface area (Å²) in [6, 6.07) is 0.253. The van der Waals surface area contributed by atoms with Crippen molar-refractivity contribution in [2.24, 2.45) is 16.9 Å². The molecule has 0 bridgehead atoms. The highest BCUT2D eigenvalue weighted by atomic mass is 16.2. The molecule has 1 heterocycles.